The van der Waals surface area contributed by atoms with Crippen LogP contribution in [0.4, 0.5) is 8.78 Å². The predicted molar refractivity (Wildman–Crippen MR) is 83.9 cm³/mol. The van der Waals surface area contributed by atoms with Gasteiger partial charge in [0.05, 0.1) is 11.7 Å². The standard InChI is InChI=1S/C17H19F2N3O2/c1-12(21-15(23)17(18,19)16(24)7-3-8-16)13-5-2-6-14(11-13)22-10-4-9-20-22/h2,4-6,9-12,24H,3,7-8H2,1H3,(H,21,23). The van der Waals surface area contributed by atoms with E-state index in [1.165, 1.54) is 0 Å². The van der Waals surface area contributed by atoms with E-state index in [0.29, 0.717) is 12.0 Å². The Hall–Kier alpha value is -2.28. The van der Waals surface area contributed by atoms with Gasteiger partial charge in [0.1, 0.15) is 5.60 Å². The number of aromatic nitrogens is 2. The molecule has 1 heterocycles. The fraction of sp³-hybridized carbons (Fsp3) is 0.412. The Morgan fingerprint density at radius 1 is 1.42 bits per heavy atom. The number of amides is 1. The summed E-state index contributed by atoms with van der Waals surface area (Å²) in [7, 11) is 0. The minimum atomic E-state index is -3.79. The van der Waals surface area contributed by atoms with Crippen LogP contribution in [0.15, 0.2) is 42.7 Å². The molecule has 1 aromatic carbocycles. The fourth-order valence-electron chi connectivity index (χ4n) is 2.77. The number of rotatable bonds is 5. The minimum absolute atomic E-state index is 0.0589. The van der Waals surface area contributed by atoms with Gasteiger partial charge in [-0.3, -0.25) is 4.79 Å². The van der Waals surface area contributed by atoms with Gasteiger partial charge in [0, 0.05) is 12.4 Å². The van der Waals surface area contributed by atoms with E-state index in [0.717, 1.165) is 5.69 Å². The molecule has 1 amide bonds. The molecule has 2 aromatic rings. The van der Waals surface area contributed by atoms with Gasteiger partial charge in [-0.25, -0.2) is 4.68 Å². The third-order valence-corrected chi connectivity index (χ3v) is 4.54. The highest BCUT2D eigenvalue weighted by Gasteiger charge is 2.61. The smallest absolute Gasteiger partial charge is 0.352 e. The fourth-order valence-corrected chi connectivity index (χ4v) is 2.77. The van der Waals surface area contributed by atoms with Crippen LogP contribution >= 0.6 is 0 Å². The van der Waals surface area contributed by atoms with Gasteiger partial charge in [-0.15, -0.1) is 0 Å². The van der Waals surface area contributed by atoms with Gasteiger partial charge in [-0.05, 0) is 49.9 Å². The highest BCUT2D eigenvalue weighted by Crippen LogP contribution is 2.44. The molecule has 5 nitrogen and oxygen atoms in total. The third kappa shape index (κ3) is 2.80. The molecule has 0 radical (unpaired) electrons. The van der Waals surface area contributed by atoms with Crippen LogP contribution < -0.4 is 5.32 Å². The number of hydrogen-bond donors (Lipinski definition) is 2. The lowest BCUT2D eigenvalue weighted by Crippen LogP contribution is -2.60. The van der Waals surface area contributed by atoms with Crippen molar-refractivity contribution in [1.82, 2.24) is 15.1 Å². The van der Waals surface area contributed by atoms with Crippen molar-refractivity contribution in [3.63, 3.8) is 0 Å². The molecule has 0 spiro atoms. The van der Waals surface area contributed by atoms with E-state index in [9.17, 15) is 18.7 Å². The van der Waals surface area contributed by atoms with Gasteiger partial charge in [0.25, 0.3) is 5.91 Å². The lowest BCUT2D eigenvalue weighted by molar-refractivity contribution is -0.216. The summed E-state index contributed by atoms with van der Waals surface area (Å²) in [6.07, 6.45) is 3.79. The summed E-state index contributed by atoms with van der Waals surface area (Å²) < 4.78 is 29.9. The van der Waals surface area contributed by atoms with Crippen molar-refractivity contribution in [3.8, 4) is 5.69 Å². The molecule has 1 atom stereocenters. The zero-order valence-electron chi connectivity index (χ0n) is 13.2. The molecule has 0 aliphatic heterocycles. The number of aliphatic hydroxyl groups is 1. The lowest BCUT2D eigenvalue weighted by atomic mass is 9.75. The van der Waals surface area contributed by atoms with Gasteiger partial charge in [0.2, 0.25) is 0 Å². The molecule has 1 saturated carbocycles. The second-order valence-corrected chi connectivity index (χ2v) is 6.20. The number of nitrogens with zero attached hydrogens (tertiary/aromatic N) is 2. The number of alkyl halides is 2. The van der Waals surface area contributed by atoms with Crippen molar-refractivity contribution in [2.75, 3.05) is 0 Å². The quantitative estimate of drug-likeness (QED) is 0.883. The van der Waals surface area contributed by atoms with Gasteiger partial charge in [-0.2, -0.15) is 13.9 Å². The number of nitrogens with one attached hydrogen (secondary N) is 1. The summed E-state index contributed by atoms with van der Waals surface area (Å²) in [5.74, 6) is -5.24. The molecular weight excluding hydrogens is 316 g/mol. The molecule has 1 aliphatic carbocycles. The van der Waals surface area contributed by atoms with E-state index in [2.05, 4.69) is 10.4 Å². The zero-order chi connectivity index (χ0) is 17.4. The normalized spacial score (nSPS) is 17.8. The van der Waals surface area contributed by atoms with Gasteiger partial charge in [0.15, 0.2) is 0 Å². The molecule has 3 rings (SSSR count). The monoisotopic (exact) mass is 335 g/mol. The average Bonchev–Trinajstić information content (AvgIpc) is 3.06. The highest BCUT2D eigenvalue weighted by molar-refractivity contribution is 5.85. The van der Waals surface area contributed by atoms with Crippen LogP contribution in [-0.2, 0) is 4.79 Å². The summed E-state index contributed by atoms with van der Waals surface area (Å²) in [6.45, 7) is 1.63. The molecule has 1 aliphatic rings. The molecule has 1 unspecified atom stereocenters. The van der Waals surface area contributed by atoms with Gasteiger partial charge < -0.3 is 10.4 Å². The average molecular weight is 335 g/mol. The van der Waals surface area contributed by atoms with Crippen LogP contribution in [0.2, 0.25) is 0 Å². The maximum absolute atomic E-state index is 14.1. The Bertz CT molecular complexity index is 727. The molecule has 1 aromatic heterocycles. The number of carbonyl (C=O) groups excluding carboxylic acids is 1. The Morgan fingerprint density at radius 3 is 2.75 bits per heavy atom. The van der Waals surface area contributed by atoms with Crippen LogP contribution in [0, 0.1) is 0 Å². The molecule has 1 fully saturated rings. The number of hydrogen-bond acceptors (Lipinski definition) is 3. The molecule has 24 heavy (non-hydrogen) atoms. The largest absolute Gasteiger partial charge is 0.383 e. The third-order valence-electron chi connectivity index (χ3n) is 4.54. The van der Waals surface area contributed by atoms with Crippen molar-refractivity contribution in [2.24, 2.45) is 0 Å². The van der Waals surface area contributed by atoms with E-state index in [1.807, 2.05) is 6.07 Å². The Kier molecular flexibility index (Phi) is 4.13. The van der Waals surface area contributed by atoms with Gasteiger partial charge >= 0.3 is 5.92 Å². The Labute approximate surface area is 138 Å². The first kappa shape index (κ1) is 16.6. The maximum atomic E-state index is 14.1. The second-order valence-electron chi connectivity index (χ2n) is 6.20. The molecule has 0 saturated heterocycles. The number of carbonyl (C=O) groups is 1. The van der Waals surface area contributed by atoms with E-state index in [-0.39, 0.29) is 12.8 Å². The first-order valence-corrected chi connectivity index (χ1v) is 7.85. The van der Waals surface area contributed by atoms with Crippen LogP contribution in [0.25, 0.3) is 5.69 Å². The molecule has 128 valence electrons. The van der Waals surface area contributed by atoms with Crippen LogP contribution in [0.5, 0.6) is 0 Å². The molecule has 0 bridgehead atoms. The van der Waals surface area contributed by atoms with Crippen molar-refractivity contribution in [1.29, 1.82) is 0 Å². The predicted octanol–water partition coefficient (Wildman–Crippen LogP) is 2.60. The van der Waals surface area contributed by atoms with Crippen molar-refractivity contribution in [3.05, 3.63) is 48.3 Å². The Balaban J connectivity index is 1.74. The molecule has 2 N–H and O–H groups in total. The first-order chi connectivity index (χ1) is 11.3. The SMILES string of the molecule is CC(NC(=O)C(F)(F)C1(O)CCC1)c1cccc(-n2cccn2)c1. The maximum Gasteiger partial charge on any atom is 0.352 e. The highest BCUT2D eigenvalue weighted by atomic mass is 19.3. The summed E-state index contributed by atoms with van der Waals surface area (Å²) in [5, 5.41) is 16.3. The van der Waals surface area contributed by atoms with Crippen molar-refractivity contribution < 1.29 is 18.7 Å². The van der Waals surface area contributed by atoms with E-state index in [1.54, 1.807) is 48.3 Å². The topological polar surface area (TPSA) is 67.2 Å². The second kappa shape index (κ2) is 5.98. The van der Waals surface area contributed by atoms with E-state index >= 15 is 0 Å². The van der Waals surface area contributed by atoms with Gasteiger partial charge in [-0.1, -0.05) is 12.1 Å². The van der Waals surface area contributed by atoms with Crippen LogP contribution in [0.1, 0.15) is 37.8 Å². The summed E-state index contributed by atoms with van der Waals surface area (Å²) in [5.41, 5.74) is -0.774. The Morgan fingerprint density at radius 2 is 2.17 bits per heavy atom. The van der Waals surface area contributed by atoms with Crippen LogP contribution in [0.3, 0.4) is 0 Å². The molecular formula is C17H19F2N3O2. The first-order valence-electron chi connectivity index (χ1n) is 7.85. The number of benzene rings is 1. The summed E-state index contributed by atoms with van der Waals surface area (Å²) in [6, 6.07) is 8.27. The van der Waals surface area contributed by atoms with Crippen molar-refractivity contribution in [2.45, 2.75) is 43.8 Å². The summed E-state index contributed by atoms with van der Waals surface area (Å²) in [4.78, 5) is 12.0. The van der Waals surface area contributed by atoms with E-state index < -0.39 is 23.5 Å². The lowest BCUT2D eigenvalue weighted by Gasteiger charge is -2.41. The number of halogens is 2. The summed E-state index contributed by atoms with van der Waals surface area (Å²) >= 11 is 0. The van der Waals surface area contributed by atoms with Crippen LogP contribution in [-0.4, -0.2) is 32.3 Å². The molecule has 7 heteroatoms. The zero-order valence-corrected chi connectivity index (χ0v) is 13.2. The van der Waals surface area contributed by atoms with Crippen molar-refractivity contribution >= 4 is 5.91 Å². The minimum Gasteiger partial charge on any atom is -0.383 e. The van der Waals surface area contributed by atoms with E-state index in [4.69, 9.17) is 0 Å².